The molecule has 7 heteroatoms. The molecule has 0 aliphatic carbocycles. The summed E-state index contributed by atoms with van der Waals surface area (Å²) in [5.41, 5.74) is 0. The zero-order valence-corrected chi connectivity index (χ0v) is 9.36. The predicted octanol–water partition coefficient (Wildman–Crippen LogP) is -0.557. The second kappa shape index (κ2) is 6.54. The largest absolute Gasteiger partial charge is 0.466 e. The van der Waals surface area contributed by atoms with E-state index in [2.05, 4.69) is 8.92 Å². The fourth-order valence-electron chi connectivity index (χ4n) is 0.674. The fraction of sp³-hybridized carbons (Fsp3) is 0.625. The molecule has 0 heterocycles. The minimum Gasteiger partial charge on any atom is -0.466 e. The SMILES string of the molecule is COC(=O)/C=C/C(O)CCOS(C)(=O)=O. The Kier molecular flexibility index (Phi) is 6.14. The molecule has 0 bridgehead atoms. The average molecular weight is 238 g/mol. The van der Waals surface area contributed by atoms with Crippen LogP contribution >= 0.6 is 0 Å². The Morgan fingerprint density at radius 2 is 2.13 bits per heavy atom. The minimum absolute atomic E-state index is 0.0839. The molecule has 0 amide bonds. The molecule has 0 saturated carbocycles. The summed E-state index contributed by atoms with van der Waals surface area (Å²) in [4.78, 5) is 10.6. The summed E-state index contributed by atoms with van der Waals surface area (Å²) >= 11 is 0. The molecule has 0 radical (unpaired) electrons. The third-order valence-corrected chi connectivity index (χ3v) is 1.96. The molecule has 15 heavy (non-hydrogen) atoms. The van der Waals surface area contributed by atoms with Crippen molar-refractivity contribution >= 4 is 16.1 Å². The van der Waals surface area contributed by atoms with Gasteiger partial charge in [-0.05, 0) is 6.08 Å². The van der Waals surface area contributed by atoms with E-state index in [1.165, 1.54) is 13.2 Å². The third kappa shape index (κ3) is 9.39. The molecule has 0 aliphatic heterocycles. The van der Waals surface area contributed by atoms with E-state index in [1.54, 1.807) is 0 Å². The van der Waals surface area contributed by atoms with Crippen LogP contribution in [0.15, 0.2) is 12.2 Å². The van der Waals surface area contributed by atoms with Gasteiger partial charge in [-0.1, -0.05) is 0 Å². The maximum atomic E-state index is 10.6. The van der Waals surface area contributed by atoms with Crippen molar-refractivity contribution in [1.82, 2.24) is 0 Å². The molecular formula is C8H14O6S. The van der Waals surface area contributed by atoms with Crippen LogP contribution in [0.2, 0.25) is 0 Å². The highest BCUT2D eigenvalue weighted by Gasteiger charge is 2.05. The summed E-state index contributed by atoms with van der Waals surface area (Å²) in [5.74, 6) is -0.585. The van der Waals surface area contributed by atoms with Crippen LogP contribution in [0.4, 0.5) is 0 Å². The van der Waals surface area contributed by atoms with Gasteiger partial charge in [0.15, 0.2) is 0 Å². The number of carbonyl (C=O) groups is 1. The highest BCUT2D eigenvalue weighted by molar-refractivity contribution is 7.85. The predicted molar refractivity (Wildman–Crippen MR) is 52.6 cm³/mol. The van der Waals surface area contributed by atoms with Crippen LogP contribution in [0.3, 0.4) is 0 Å². The Morgan fingerprint density at radius 3 is 2.60 bits per heavy atom. The minimum atomic E-state index is -3.48. The Balaban J connectivity index is 3.80. The van der Waals surface area contributed by atoms with Crippen molar-refractivity contribution in [2.24, 2.45) is 0 Å². The van der Waals surface area contributed by atoms with Crippen molar-refractivity contribution < 1.29 is 27.2 Å². The molecule has 0 saturated heterocycles. The zero-order valence-electron chi connectivity index (χ0n) is 8.54. The van der Waals surface area contributed by atoms with Crippen LogP contribution in [-0.2, 0) is 23.8 Å². The van der Waals surface area contributed by atoms with Crippen LogP contribution in [0.5, 0.6) is 0 Å². The summed E-state index contributed by atoms with van der Waals surface area (Å²) in [6.07, 6.45) is 2.33. The smallest absolute Gasteiger partial charge is 0.330 e. The van der Waals surface area contributed by atoms with Gasteiger partial charge in [0.1, 0.15) is 0 Å². The molecule has 0 aromatic heterocycles. The lowest BCUT2D eigenvalue weighted by Gasteiger charge is -2.04. The zero-order chi connectivity index (χ0) is 11.9. The van der Waals surface area contributed by atoms with E-state index in [9.17, 15) is 18.3 Å². The number of esters is 1. The van der Waals surface area contributed by atoms with Gasteiger partial charge in [0.25, 0.3) is 10.1 Å². The van der Waals surface area contributed by atoms with Gasteiger partial charge >= 0.3 is 5.97 Å². The fourth-order valence-corrected chi connectivity index (χ4v) is 1.07. The van der Waals surface area contributed by atoms with Crippen molar-refractivity contribution in [3.05, 3.63) is 12.2 Å². The molecule has 0 spiro atoms. The van der Waals surface area contributed by atoms with Crippen molar-refractivity contribution in [1.29, 1.82) is 0 Å². The number of aliphatic hydroxyl groups excluding tert-OH is 1. The van der Waals surface area contributed by atoms with Crippen LogP contribution in [-0.4, -0.2) is 45.6 Å². The molecule has 0 rings (SSSR count). The first-order chi connectivity index (χ1) is 6.85. The normalized spacial score (nSPS) is 14.1. The standard InChI is InChI=1S/C8H14O6S/c1-13-8(10)4-3-7(9)5-6-14-15(2,11)12/h3-4,7,9H,5-6H2,1-2H3/b4-3+. The maximum Gasteiger partial charge on any atom is 0.330 e. The van der Waals surface area contributed by atoms with Gasteiger partial charge in [0.2, 0.25) is 0 Å². The Morgan fingerprint density at radius 1 is 1.53 bits per heavy atom. The first kappa shape index (κ1) is 14.1. The molecular weight excluding hydrogens is 224 g/mol. The van der Waals surface area contributed by atoms with Gasteiger partial charge in [-0.15, -0.1) is 0 Å². The summed E-state index contributed by atoms with van der Waals surface area (Å²) in [6, 6.07) is 0. The molecule has 1 unspecified atom stereocenters. The summed E-state index contributed by atoms with van der Waals surface area (Å²) in [7, 11) is -2.27. The van der Waals surface area contributed by atoms with Gasteiger partial charge in [0, 0.05) is 12.5 Å². The molecule has 1 atom stereocenters. The molecule has 6 nitrogen and oxygen atoms in total. The van der Waals surface area contributed by atoms with Crippen molar-refractivity contribution in [3.63, 3.8) is 0 Å². The molecule has 1 N–H and O–H groups in total. The quantitative estimate of drug-likeness (QED) is 0.379. The lowest BCUT2D eigenvalue weighted by molar-refractivity contribution is -0.134. The van der Waals surface area contributed by atoms with E-state index >= 15 is 0 Å². The number of aliphatic hydroxyl groups is 1. The van der Waals surface area contributed by atoms with E-state index in [0.29, 0.717) is 0 Å². The van der Waals surface area contributed by atoms with E-state index in [4.69, 9.17) is 0 Å². The Labute approximate surface area is 88.6 Å². The monoisotopic (exact) mass is 238 g/mol. The third-order valence-electron chi connectivity index (χ3n) is 1.37. The van der Waals surface area contributed by atoms with Gasteiger partial charge < -0.3 is 9.84 Å². The van der Waals surface area contributed by atoms with Gasteiger partial charge in [-0.25, -0.2) is 4.79 Å². The van der Waals surface area contributed by atoms with Crippen LogP contribution in [0.25, 0.3) is 0 Å². The van der Waals surface area contributed by atoms with Crippen molar-refractivity contribution in [3.8, 4) is 0 Å². The molecule has 0 aromatic carbocycles. The first-order valence-electron chi connectivity index (χ1n) is 4.14. The van der Waals surface area contributed by atoms with Gasteiger partial charge in [0.05, 0.1) is 26.1 Å². The second-order valence-electron chi connectivity index (χ2n) is 2.76. The van der Waals surface area contributed by atoms with Crippen molar-refractivity contribution in [2.75, 3.05) is 20.0 Å². The van der Waals surface area contributed by atoms with Crippen LogP contribution in [0, 0.1) is 0 Å². The van der Waals surface area contributed by atoms with Crippen LogP contribution < -0.4 is 0 Å². The van der Waals surface area contributed by atoms with Gasteiger partial charge in [-0.3, -0.25) is 4.18 Å². The second-order valence-corrected chi connectivity index (χ2v) is 4.41. The molecule has 0 fully saturated rings. The topological polar surface area (TPSA) is 89.9 Å². The van der Waals surface area contributed by atoms with Gasteiger partial charge in [-0.2, -0.15) is 8.42 Å². The van der Waals surface area contributed by atoms with Crippen molar-refractivity contribution in [2.45, 2.75) is 12.5 Å². The first-order valence-corrected chi connectivity index (χ1v) is 5.95. The molecule has 0 aliphatic rings. The lowest BCUT2D eigenvalue weighted by Crippen LogP contribution is -2.11. The summed E-state index contributed by atoms with van der Waals surface area (Å²) in [5, 5.41) is 9.22. The van der Waals surface area contributed by atoms with E-state index in [-0.39, 0.29) is 13.0 Å². The van der Waals surface area contributed by atoms with E-state index in [0.717, 1.165) is 12.3 Å². The maximum absolute atomic E-state index is 10.6. The lowest BCUT2D eigenvalue weighted by atomic mass is 10.2. The average Bonchev–Trinajstić information content (AvgIpc) is 2.12. The number of rotatable bonds is 6. The Bertz CT molecular complexity index is 318. The number of hydrogen-bond acceptors (Lipinski definition) is 6. The number of carbonyl (C=O) groups excluding carboxylic acids is 1. The number of methoxy groups -OCH3 is 1. The van der Waals surface area contributed by atoms with E-state index in [1.807, 2.05) is 0 Å². The number of ether oxygens (including phenoxy) is 1. The summed E-state index contributed by atoms with van der Waals surface area (Å²) in [6.45, 7) is -0.133. The van der Waals surface area contributed by atoms with Crippen LogP contribution in [0.1, 0.15) is 6.42 Å². The number of hydrogen-bond donors (Lipinski definition) is 1. The highest BCUT2D eigenvalue weighted by Crippen LogP contribution is 1.97. The molecule has 88 valence electrons. The molecule has 0 aromatic rings. The van der Waals surface area contributed by atoms with E-state index < -0.39 is 22.2 Å². The highest BCUT2D eigenvalue weighted by atomic mass is 32.2. The summed E-state index contributed by atoms with van der Waals surface area (Å²) < 4.78 is 29.7. The Hall–Kier alpha value is -0.920.